The molecular formula is C22H22N4O2. The second kappa shape index (κ2) is 7.31. The highest BCUT2D eigenvalue weighted by Crippen LogP contribution is 2.53. The summed E-state index contributed by atoms with van der Waals surface area (Å²) in [6.45, 7) is 0. The van der Waals surface area contributed by atoms with E-state index in [0.29, 0.717) is 11.3 Å². The largest absolute Gasteiger partial charge is 0.370 e. The Kier molecular flexibility index (Phi) is 4.69. The highest BCUT2D eigenvalue weighted by Gasteiger charge is 2.48. The molecule has 4 atom stereocenters. The van der Waals surface area contributed by atoms with Crippen LogP contribution in [0.3, 0.4) is 0 Å². The van der Waals surface area contributed by atoms with Crippen LogP contribution in [0.5, 0.6) is 0 Å². The highest BCUT2D eigenvalue weighted by molar-refractivity contribution is 6.04. The SMILES string of the molecule is NC(N)=NC(=O)[C@@H]1C2C=CC(C2)[C@H]1c1cccc(NC(=O)c2ccccc2)c1. The molecule has 2 amide bonds. The van der Waals surface area contributed by atoms with Gasteiger partial charge in [-0.2, -0.15) is 4.99 Å². The van der Waals surface area contributed by atoms with Gasteiger partial charge in [-0.05, 0) is 48.1 Å². The van der Waals surface area contributed by atoms with Crippen molar-refractivity contribution < 1.29 is 9.59 Å². The Labute approximate surface area is 163 Å². The second-order valence-electron chi connectivity index (χ2n) is 7.32. The molecule has 4 rings (SSSR count). The monoisotopic (exact) mass is 374 g/mol. The van der Waals surface area contributed by atoms with Crippen molar-refractivity contribution in [1.82, 2.24) is 0 Å². The number of amides is 2. The molecule has 6 nitrogen and oxygen atoms in total. The minimum atomic E-state index is -0.280. The Morgan fingerprint density at radius 2 is 1.71 bits per heavy atom. The fourth-order valence-electron chi connectivity index (χ4n) is 4.43. The molecule has 1 fully saturated rings. The first-order valence-corrected chi connectivity index (χ1v) is 9.31. The Bertz CT molecular complexity index is 964. The lowest BCUT2D eigenvalue weighted by Gasteiger charge is -2.26. The molecule has 0 aromatic heterocycles. The number of hydrogen-bond donors (Lipinski definition) is 3. The number of anilines is 1. The van der Waals surface area contributed by atoms with Crippen LogP contribution in [0.15, 0.2) is 71.7 Å². The van der Waals surface area contributed by atoms with Crippen molar-refractivity contribution in [2.45, 2.75) is 12.3 Å². The summed E-state index contributed by atoms with van der Waals surface area (Å²) in [4.78, 5) is 28.9. The highest BCUT2D eigenvalue weighted by atomic mass is 16.2. The molecule has 142 valence electrons. The molecule has 5 N–H and O–H groups in total. The maximum Gasteiger partial charge on any atom is 0.255 e. The quantitative estimate of drug-likeness (QED) is 0.434. The first-order chi connectivity index (χ1) is 13.5. The summed E-state index contributed by atoms with van der Waals surface area (Å²) in [5.74, 6) is -0.517. The smallest absolute Gasteiger partial charge is 0.255 e. The van der Waals surface area contributed by atoms with Crippen LogP contribution in [-0.4, -0.2) is 17.8 Å². The maximum absolute atomic E-state index is 12.6. The van der Waals surface area contributed by atoms with Crippen LogP contribution in [0.2, 0.25) is 0 Å². The fraction of sp³-hybridized carbons (Fsp3) is 0.227. The van der Waals surface area contributed by atoms with Crippen LogP contribution >= 0.6 is 0 Å². The first-order valence-electron chi connectivity index (χ1n) is 9.31. The van der Waals surface area contributed by atoms with E-state index in [1.54, 1.807) is 12.1 Å². The van der Waals surface area contributed by atoms with Gasteiger partial charge < -0.3 is 16.8 Å². The zero-order valence-electron chi connectivity index (χ0n) is 15.3. The maximum atomic E-state index is 12.6. The number of fused-ring (bicyclic) bond motifs is 2. The van der Waals surface area contributed by atoms with Crippen LogP contribution in [0.4, 0.5) is 5.69 Å². The second-order valence-corrected chi connectivity index (χ2v) is 7.32. The third kappa shape index (κ3) is 3.41. The van der Waals surface area contributed by atoms with E-state index >= 15 is 0 Å². The molecule has 2 aliphatic carbocycles. The van der Waals surface area contributed by atoms with Crippen molar-refractivity contribution in [2.24, 2.45) is 34.2 Å². The van der Waals surface area contributed by atoms with Gasteiger partial charge in [0.05, 0.1) is 5.92 Å². The normalized spacial score (nSPS) is 24.7. The molecular weight excluding hydrogens is 352 g/mol. The summed E-state index contributed by atoms with van der Waals surface area (Å²) in [6, 6.07) is 16.7. The van der Waals surface area contributed by atoms with Gasteiger partial charge in [-0.1, -0.05) is 42.5 Å². The van der Waals surface area contributed by atoms with Gasteiger partial charge in [0.1, 0.15) is 0 Å². The third-order valence-corrected chi connectivity index (χ3v) is 5.55. The van der Waals surface area contributed by atoms with E-state index < -0.39 is 0 Å². The van der Waals surface area contributed by atoms with Crippen LogP contribution in [0.1, 0.15) is 28.3 Å². The topological polar surface area (TPSA) is 111 Å². The minimum absolute atomic E-state index is 0.000762. The average Bonchev–Trinajstić information content (AvgIpc) is 3.30. The number of nitrogens with zero attached hydrogens (tertiary/aromatic N) is 1. The molecule has 2 unspecified atom stereocenters. The van der Waals surface area contributed by atoms with Gasteiger partial charge in [-0.3, -0.25) is 9.59 Å². The number of carbonyl (C=O) groups excluding carboxylic acids is 2. The number of guanidine groups is 1. The summed E-state index contributed by atoms with van der Waals surface area (Å²) < 4.78 is 0. The van der Waals surface area contributed by atoms with Gasteiger partial charge in [0.25, 0.3) is 11.8 Å². The van der Waals surface area contributed by atoms with E-state index in [2.05, 4.69) is 22.5 Å². The van der Waals surface area contributed by atoms with Crippen molar-refractivity contribution >= 4 is 23.5 Å². The van der Waals surface area contributed by atoms with E-state index in [-0.39, 0.29) is 41.4 Å². The molecule has 0 heterocycles. The number of hydrogen-bond acceptors (Lipinski definition) is 2. The zero-order valence-corrected chi connectivity index (χ0v) is 15.3. The predicted octanol–water partition coefficient (Wildman–Crippen LogP) is 2.64. The minimum Gasteiger partial charge on any atom is -0.370 e. The summed E-state index contributed by atoms with van der Waals surface area (Å²) in [5.41, 5.74) is 13.1. The van der Waals surface area contributed by atoms with E-state index in [4.69, 9.17) is 11.5 Å². The van der Waals surface area contributed by atoms with Gasteiger partial charge in [0.15, 0.2) is 5.96 Å². The molecule has 28 heavy (non-hydrogen) atoms. The van der Waals surface area contributed by atoms with Gasteiger partial charge in [-0.25, -0.2) is 0 Å². The average molecular weight is 374 g/mol. The molecule has 2 aliphatic rings. The van der Waals surface area contributed by atoms with Crippen molar-refractivity contribution in [2.75, 3.05) is 5.32 Å². The predicted molar refractivity (Wildman–Crippen MR) is 109 cm³/mol. The summed E-state index contributed by atoms with van der Waals surface area (Å²) >= 11 is 0. The van der Waals surface area contributed by atoms with Crippen LogP contribution < -0.4 is 16.8 Å². The number of nitrogens with one attached hydrogen (secondary N) is 1. The Morgan fingerprint density at radius 1 is 0.964 bits per heavy atom. The molecule has 6 heteroatoms. The van der Waals surface area contributed by atoms with Gasteiger partial charge in [0.2, 0.25) is 0 Å². The van der Waals surface area contributed by atoms with Crippen LogP contribution in [-0.2, 0) is 4.79 Å². The zero-order chi connectivity index (χ0) is 19.7. The van der Waals surface area contributed by atoms with Gasteiger partial charge in [0, 0.05) is 17.2 Å². The number of aliphatic imine (C=N–C) groups is 1. The molecule has 0 aliphatic heterocycles. The van der Waals surface area contributed by atoms with E-state index in [9.17, 15) is 9.59 Å². The Hall–Kier alpha value is -3.41. The van der Waals surface area contributed by atoms with E-state index in [1.807, 2.05) is 42.5 Å². The lowest BCUT2D eigenvalue weighted by molar-refractivity contribution is -0.122. The van der Waals surface area contributed by atoms with Crippen LogP contribution in [0, 0.1) is 17.8 Å². The molecule has 0 spiro atoms. The Morgan fingerprint density at radius 3 is 2.46 bits per heavy atom. The third-order valence-electron chi connectivity index (χ3n) is 5.55. The fourth-order valence-corrected chi connectivity index (χ4v) is 4.43. The number of carbonyl (C=O) groups is 2. The molecule has 2 aromatic carbocycles. The van der Waals surface area contributed by atoms with Crippen molar-refractivity contribution in [1.29, 1.82) is 0 Å². The molecule has 2 aromatic rings. The number of nitrogens with two attached hydrogens (primary N) is 2. The molecule has 1 saturated carbocycles. The lowest BCUT2D eigenvalue weighted by atomic mass is 9.78. The summed E-state index contributed by atoms with van der Waals surface area (Å²) in [6.07, 6.45) is 5.18. The van der Waals surface area contributed by atoms with Crippen molar-refractivity contribution in [3.63, 3.8) is 0 Å². The first kappa shape index (κ1) is 18.0. The number of benzene rings is 2. The summed E-state index contributed by atoms with van der Waals surface area (Å²) in [5, 5.41) is 2.93. The van der Waals surface area contributed by atoms with Crippen molar-refractivity contribution in [3.05, 3.63) is 77.9 Å². The van der Waals surface area contributed by atoms with Gasteiger partial charge >= 0.3 is 0 Å². The lowest BCUT2D eigenvalue weighted by Crippen LogP contribution is -2.30. The summed E-state index contributed by atoms with van der Waals surface area (Å²) in [7, 11) is 0. The number of rotatable bonds is 4. The van der Waals surface area contributed by atoms with Gasteiger partial charge in [-0.15, -0.1) is 0 Å². The molecule has 2 bridgehead atoms. The number of allylic oxidation sites excluding steroid dienone is 2. The Balaban J connectivity index is 1.60. The standard InChI is InChI=1S/C22H22N4O2/c23-22(24)26-21(28)19-16-10-9-15(11-16)18(19)14-7-4-8-17(12-14)25-20(27)13-5-2-1-3-6-13/h1-10,12,15-16,18-19H,11H2,(H,25,27)(H4,23,24,26,28)/t15?,16?,18-,19-/m1/s1. The molecule has 0 saturated heterocycles. The van der Waals surface area contributed by atoms with Crippen LogP contribution in [0.25, 0.3) is 0 Å². The van der Waals surface area contributed by atoms with E-state index in [0.717, 1.165) is 12.0 Å². The molecule has 0 radical (unpaired) electrons. The van der Waals surface area contributed by atoms with E-state index in [1.165, 1.54) is 0 Å². The van der Waals surface area contributed by atoms with Crippen molar-refractivity contribution in [3.8, 4) is 0 Å².